The molecule has 6 nitrogen and oxygen atoms in total. The van der Waals surface area contributed by atoms with Gasteiger partial charge in [-0.3, -0.25) is 9.89 Å². The number of hydrogen-bond acceptors (Lipinski definition) is 5. The van der Waals surface area contributed by atoms with Gasteiger partial charge in [0.25, 0.3) is 0 Å². The molecule has 0 radical (unpaired) electrons. The van der Waals surface area contributed by atoms with E-state index in [0.717, 1.165) is 31.5 Å². The third-order valence-corrected chi connectivity index (χ3v) is 4.07. The molecule has 1 aliphatic carbocycles. The van der Waals surface area contributed by atoms with E-state index >= 15 is 0 Å². The summed E-state index contributed by atoms with van der Waals surface area (Å²) in [6.07, 6.45) is 4.73. The van der Waals surface area contributed by atoms with Crippen LogP contribution in [-0.4, -0.2) is 59.3 Å². The average molecular weight is 311 g/mol. The lowest BCUT2D eigenvalue weighted by molar-refractivity contribution is 0.00835. The fraction of sp³-hybridized carbons (Fsp3) is 0.875. The van der Waals surface area contributed by atoms with Gasteiger partial charge in [-0.15, -0.1) is 0 Å². The maximum Gasteiger partial charge on any atom is 0.410 e. The van der Waals surface area contributed by atoms with E-state index in [9.17, 15) is 9.90 Å². The molecule has 1 saturated carbocycles. The summed E-state index contributed by atoms with van der Waals surface area (Å²) in [5.74, 6) is 0.760. The Hall–Kier alpha value is -1.30. The summed E-state index contributed by atoms with van der Waals surface area (Å²) in [5.41, 5.74) is -1.12. The van der Waals surface area contributed by atoms with E-state index in [4.69, 9.17) is 4.74 Å². The molecule has 2 aliphatic rings. The summed E-state index contributed by atoms with van der Waals surface area (Å²) >= 11 is 0. The van der Waals surface area contributed by atoms with Crippen molar-refractivity contribution < 1.29 is 14.6 Å². The summed E-state index contributed by atoms with van der Waals surface area (Å²) in [6.45, 7) is 7.66. The number of carbonyl (C=O) groups is 1. The Bertz CT molecular complexity index is 423. The van der Waals surface area contributed by atoms with Crippen LogP contribution in [0.15, 0.2) is 4.99 Å². The van der Waals surface area contributed by atoms with E-state index in [-0.39, 0.29) is 6.09 Å². The normalized spacial score (nSPS) is 22.0. The molecule has 0 atom stereocenters. The van der Waals surface area contributed by atoms with Gasteiger partial charge in [-0.25, -0.2) is 4.79 Å². The quantitative estimate of drug-likeness (QED) is 0.817. The van der Waals surface area contributed by atoms with Gasteiger partial charge >= 0.3 is 6.09 Å². The number of amidine groups is 1. The van der Waals surface area contributed by atoms with Crippen molar-refractivity contribution in [2.75, 3.05) is 26.2 Å². The Balaban J connectivity index is 1.83. The molecule has 0 aromatic rings. The molecule has 1 heterocycles. The van der Waals surface area contributed by atoms with Crippen LogP contribution < -0.4 is 5.32 Å². The van der Waals surface area contributed by atoms with E-state index < -0.39 is 11.2 Å². The van der Waals surface area contributed by atoms with Crippen LogP contribution >= 0.6 is 0 Å². The number of carbonyl (C=O) groups excluding carboxylic acids is 1. The van der Waals surface area contributed by atoms with Crippen molar-refractivity contribution in [1.82, 2.24) is 10.2 Å². The Morgan fingerprint density at radius 3 is 2.68 bits per heavy atom. The number of aliphatic hydroxyl groups is 1. The monoisotopic (exact) mass is 311 g/mol. The molecule has 1 fully saturated rings. The molecule has 0 aromatic heterocycles. The number of amides is 1. The van der Waals surface area contributed by atoms with Crippen LogP contribution in [0, 0.1) is 0 Å². The minimum atomic E-state index is -0.630. The van der Waals surface area contributed by atoms with E-state index in [2.05, 4.69) is 10.3 Å². The van der Waals surface area contributed by atoms with Gasteiger partial charge in [0.2, 0.25) is 0 Å². The molecule has 0 unspecified atom stereocenters. The fourth-order valence-electron chi connectivity index (χ4n) is 2.86. The molecule has 0 saturated heterocycles. The third-order valence-electron chi connectivity index (χ3n) is 4.07. The predicted molar refractivity (Wildman–Crippen MR) is 86.1 cm³/mol. The highest BCUT2D eigenvalue weighted by Gasteiger charge is 2.30. The first-order valence-electron chi connectivity index (χ1n) is 8.25. The standard InChI is InChI=1S/C16H29N3O3/c1-15(2,3)22-14(20)19-10-9-17-13(11-19)18-12-16(21)7-5-4-6-8-16/h21H,4-12H2,1-3H3,(H,17,18). The van der Waals surface area contributed by atoms with Gasteiger partial charge in [0.1, 0.15) is 11.4 Å². The molecular weight excluding hydrogens is 282 g/mol. The Morgan fingerprint density at radius 2 is 2.05 bits per heavy atom. The molecule has 0 bridgehead atoms. The summed E-state index contributed by atoms with van der Waals surface area (Å²) < 4.78 is 5.39. The topological polar surface area (TPSA) is 74.2 Å². The highest BCUT2D eigenvalue weighted by molar-refractivity contribution is 5.87. The predicted octanol–water partition coefficient (Wildman–Crippen LogP) is 1.92. The third kappa shape index (κ3) is 5.16. The van der Waals surface area contributed by atoms with Crippen molar-refractivity contribution >= 4 is 11.9 Å². The lowest BCUT2D eigenvalue weighted by atomic mass is 9.85. The van der Waals surface area contributed by atoms with Gasteiger partial charge < -0.3 is 15.2 Å². The Morgan fingerprint density at radius 1 is 1.36 bits per heavy atom. The van der Waals surface area contributed by atoms with Crippen molar-refractivity contribution in [2.45, 2.75) is 64.1 Å². The van der Waals surface area contributed by atoms with Gasteiger partial charge in [0.15, 0.2) is 0 Å². The second-order valence-corrected chi connectivity index (χ2v) is 7.37. The minimum Gasteiger partial charge on any atom is -0.444 e. The van der Waals surface area contributed by atoms with Crippen molar-refractivity contribution in [3.05, 3.63) is 0 Å². The van der Waals surface area contributed by atoms with Crippen molar-refractivity contribution in [3.63, 3.8) is 0 Å². The maximum absolute atomic E-state index is 12.1. The first-order valence-corrected chi connectivity index (χ1v) is 8.25. The molecular formula is C16H29N3O3. The van der Waals surface area contributed by atoms with Gasteiger partial charge in [0.05, 0.1) is 18.7 Å². The van der Waals surface area contributed by atoms with Gasteiger partial charge in [-0.05, 0) is 33.6 Å². The molecule has 22 heavy (non-hydrogen) atoms. The van der Waals surface area contributed by atoms with Crippen molar-refractivity contribution in [1.29, 1.82) is 0 Å². The highest BCUT2D eigenvalue weighted by Crippen LogP contribution is 2.27. The fourth-order valence-corrected chi connectivity index (χ4v) is 2.86. The molecule has 6 heteroatoms. The zero-order valence-corrected chi connectivity index (χ0v) is 14.0. The van der Waals surface area contributed by atoms with Crippen LogP contribution in [0.4, 0.5) is 4.79 Å². The molecule has 2 N–H and O–H groups in total. The SMILES string of the molecule is CC(C)(C)OC(=O)N1CCN=C(NCC2(O)CCCCC2)C1. The van der Waals surface area contributed by atoms with Gasteiger partial charge in [0, 0.05) is 13.1 Å². The molecule has 126 valence electrons. The van der Waals surface area contributed by atoms with Crippen LogP contribution in [-0.2, 0) is 4.74 Å². The second-order valence-electron chi connectivity index (χ2n) is 7.37. The summed E-state index contributed by atoms with van der Waals surface area (Å²) in [7, 11) is 0. The number of nitrogens with zero attached hydrogens (tertiary/aromatic N) is 2. The highest BCUT2D eigenvalue weighted by atomic mass is 16.6. The second kappa shape index (κ2) is 6.86. The van der Waals surface area contributed by atoms with Crippen LogP contribution in [0.2, 0.25) is 0 Å². The summed E-state index contributed by atoms with van der Waals surface area (Å²) in [4.78, 5) is 18.2. The van der Waals surface area contributed by atoms with E-state index in [1.165, 1.54) is 6.42 Å². The van der Waals surface area contributed by atoms with E-state index in [1.54, 1.807) is 4.90 Å². The number of nitrogens with one attached hydrogen (secondary N) is 1. The zero-order chi connectivity index (χ0) is 16.2. The largest absolute Gasteiger partial charge is 0.444 e. The molecule has 1 aliphatic heterocycles. The molecule has 0 aromatic carbocycles. The van der Waals surface area contributed by atoms with Crippen LogP contribution in [0.25, 0.3) is 0 Å². The Labute approximate surface area is 132 Å². The smallest absolute Gasteiger partial charge is 0.410 e. The Kier molecular flexibility index (Phi) is 5.32. The van der Waals surface area contributed by atoms with Crippen LogP contribution in [0.3, 0.4) is 0 Å². The zero-order valence-electron chi connectivity index (χ0n) is 14.0. The van der Waals surface area contributed by atoms with Crippen molar-refractivity contribution in [2.24, 2.45) is 4.99 Å². The first kappa shape index (κ1) is 17.1. The molecule has 1 amide bonds. The number of ether oxygens (including phenoxy) is 1. The van der Waals surface area contributed by atoms with Crippen LogP contribution in [0.5, 0.6) is 0 Å². The van der Waals surface area contributed by atoms with Crippen LogP contribution in [0.1, 0.15) is 52.9 Å². The van der Waals surface area contributed by atoms with E-state index in [0.29, 0.717) is 26.2 Å². The average Bonchev–Trinajstić information content (AvgIpc) is 2.45. The van der Waals surface area contributed by atoms with Gasteiger partial charge in [-0.1, -0.05) is 19.3 Å². The molecule has 0 spiro atoms. The molecule has 2 rings (SSSR count). The number of aliphatic imine (C=N–C) groups is 1. The lowest BCUT2D eigenvalue weighted by Crippen LogP contribution is -2.51. The minimum absolute atomic E-state index is 0.307. The summed E-state index contributed by atoms with van der Waals surface area (Å²) in [5, 5.41) is 13.7. The lowest BCUT2D eigenvalue weighted by Gasteiger charge is -2.34. The maximum atomic E-state index is 12.1. The summed E-state index contributed by atoms with van der Waals surface area (Å²) in [6, 6.07) is 0. The van der Waals surface area contributed by atoms with E-state index in [1.807, 2.05) is 20.8 Å². The van der Waals surface area contributed by atoms with Gasteiger partial charge in [-0.2, -0.15) is 0 Å². The van der Waals surface area contributed by atoms with Crippen molar-refractivity contribution in [3.8, 4) is 0 Å². The first-order chi connectivity index (χ1) is 10.3. The number of rotatable bonds is 2. The number of hydrogen-bond donors (Lipinski definition) is 2.